The third-order valence-electron chi connectivity index (χ3n) is 3.34. The number of nitrogens with one attached hydrogen (secondary N) is 2. The van der Waals surface area contributed by atoms with Gasteiger partial charge in [0.15, 0.2) is 0 Å². The SMILES string of the molecule is CNC(=O)c1cccnc1NC1CCC(OC)C1. The van der Waals surface area contributed by atoms with Crippen molar-refractivity contribution in [3.63, 3.8) is 0 Å². The molecule has 2 unspecified atom stereocenters. The van der Waals surface area contributed by atoms with Crippen LogP contribution in [0.4, 0.5) is 5.82 Å². The van der Waals surface area contributed by atoms with Gasteiger partial charge >= 0.3 is 0 Å². The molecule has 1 saturated carbocycles. The number of methoxy groups -OCH3 is 1. The van der Waals surface area contributed by atoms with Crippen molar-refractivity contribution in [2.24, 2.45) is 0 Å². The quantitative estimate of drug-likeness (QED) is 0.847. The Labute approximate surface area is 107 Å². The Kier molecular flexibility index (Phi) is 4.15. The van der Waals surface area contributed by atoms with Gasteiger partial charge in [0.2, 0.25) is 0 Å². The van der Waals surface area contributed by atoms with Crippen molar-refractivity contribution in [2.45, 2.75) is 31.4 Å². The summed E-state index contributed by atoms with van der Waals surface area (Å²) in [4.78, 5) is 16.0. The molecule has 2 N–H and O–H groups in total. The molecule has 1 aliphatic rings. The summed E-state index contributed by atoms with van der Waals surface area (Å²) in [7, 11) is 3.36. The van der Waals surface area contributed by atoms with Gasteiger partial charge in [0.1, 0.15) is 5.82 Å². The second kappa shape index (κ2) is 5.82. The second-order valence-electron chi connectivity index (χ2n) is 4.49. The molecule has 0 aliphatic heterocycles. The van der Waals surface area contributed by atoms with E-state index in [1.54, 1.807) is 32.5 Å². The van der Waals surface area contributed by atoms with Crippen LogP contribution in [0, 0.1) is 0 Å². The first kappa shape index (κ1) is 12.8. The first-order chi connectivity index (χ1) is 8.74. The average Bonchev–Trinajstić information content (AvgIpc) is 2.86. The number of pyridine rings is 1. The summed E-state index contributed by atoms with van der Waals surface area (Å²) < 4.78 is 5.34. The Balaban J connectivity index is 2.07. The van der Waals surface area contributed by atoms with Crippen LogP contribution in [-0.4, -0.2) is 37.2 Å². The summed E-state index contributed by atoms with van der Waals surface area (Å²) in [6.07, 6.45) is 5.06. The normalized spacial score (nSPS) is 22.8. The number of rotatable bonds is 4. The summed E-state index contributed by atoms with van der Waals surface area (Å²) in [6.45, 7) is 0. The fourth-order valence-corrected chi connectivity index (χ4v) is 2.32. The second-order valence-corrected chi connectivity index (χ2v) is 4.49. The molecule has 2 atom stereocenters. The van der Waals surface area contributed by atoms with Gasteiger partial charge in [-0.15, -0.1) is 0 Å². The smallest absolute Gasteiger partial charge is 0.254 e. The Hall–Kier alpha value is -1.62. The molecule has 0 radical (unpaired) electrons. The molecule has 2 rings (SSSR count). The highest BCUT2D eigenvalue weighted by Crippen LogP contribution is 2.25. The first-order valence-electron chi connectivity index (χ1n) is 6.21. The molecular weight excluding hydrogens is 230 g/mol. The molecule has 1 fully saturated rings. The topological polar surface area (TPSA) is 63.2 Å². The molecule has 1 aliphatic carbocycles. The summed E-state index contributed by atoms with van der Waals surface area (Å²) in [6, 6.07) is 3.87. The molecule has 18 heavy (non-hydrogen) atoms. The van der Waals surface area contributed by atoms with E-state index in [0.29, 0.717) is 23.5 Å². The van der Waals surface area contributed by atoms with Gasteiger partial charge in [-0.1, -0.05) is 0 Å². The van der Waals surface area contributed by atoms with Crippen LogP contribution in [0.1, 0.15) is 29.6 Å². The average molecular weight is 249 g/mol. The van der Waals surface area contributed by atoms with Crippen molar-refractivity contribution in [2.75, 3.05) is 19.5 Å². The Morgan fingerprint density at radius 3 is 3.00 bits per heavy atom. The number of carbonyl (C=O) groups excluding carboxylic acids is 1. The van der Waals surface area contributed by atoms with Crippen LogP contribution in [0.5, 0.6) is 0 Å². The summed E-state index contributed by atoms with van der Waals surface area (Å²) >= 11 is 0. The van der Waals surface area contributed by atoms with Crippen molar-refractivity contribution >= 4 is 11.7 Å². The monoisotopic (exact) mass is 249 g/mol. The zero-order valence-electron chi connectivity index (χ0n) is 10.8. The lowest BCUT2D eigenvalue weighted by Gasteiger charge is -2.15. The van der Waals surface area contributed by atoms with Gasteiger partial charge in [0.05, 0.1) is 11.7 Å². The largest absolute Gasteiger partial charge is 0.381 e. The number of nitrogens with zero attached hydrogens (tertiary/aromatic N) is 1. The van der Waals surface area contributed by atoms with E-state index in [1.807, 2.05) is 0 Å². The van der Waals surface area contributed by atoms with Crippen LogP contribution in [0.2, 0.25) is 0 Å². The number of aromatic nitrogens is 1. The molecule has 0 aromatic carbocycles. The summed E-state index contributed by atoms with van der Waals surface area (Å²) in [5.74, 6) is 0.533. The van der Waals surface area contributed by atoms with E-state index in [-0.39, 0.29) is 5.91 Å². The van der Waals surface area contributed by atoms with Crippen molar-refractivity contribution in [3.05, 3.63) is 23.9 Å². The fourth-order valence-electron chi connectivity index (χ4n) is 2.32. The standard InChI is InChI=1S/C13H19N3O2/c1-14-13(17)11-4-3-7-15-12(11)16-9-5-6-10(8-9)18-2/h3-4,7,9-10H,5-6,8H2,1-2H3,(H,14,17)(H,15,16). The molecule has 0 spiro atoms. The first-order valence-corrected chi connectivity index (χ1v) is 6.21. The maximum absolute atomic E-state index is 11.7. The molecule has 98 valence electrons. The lowest BCUT2D eigenvalue weighted by molar-refractivity contribution is 0.0963. The van der Waals surface area contributed by atoms with E-state index >= 15 is 0 Å². The summed E-state index contributed by atoms with van der Waals surface area (Å²) in [5, 5.41) is 5.96. The molecule has 1 aromatic heterocycles. The molecule has 0 saturated heterocycles. The van der Waals surface area contributed by atoms with Crippen LogP contribution in [0.25, 0.3) is 0 Å². The van der Waals surface area contributed by atoms with Gasteiger partial charge in [0, 0.05) is 26.4 Å². The van der Waals surface area contributed by atoms with Crippen LogP contribution >= 0.6 is 0 Å². The maximum Gasteiger partial charge on any atom is 0.254 e. The fraction of sp³-hybridized carbons (Fsp3) is 0.538. The zero-order chi connectivity index (χ0) is 13.0. The van der Waals surface area contributed by atoms with Gasteiger partial charge < -0.3 is 15.4 Å². The predicted octanol–water partition coefficient (Wildman–Crippen LogP) is 1.42. The lowest BCUT2D eigenvalue weighted by Crippen LogP contribution is -2.24. The number of ether oxygens (including phenoxy) is 1. The third kappa shape index (κ3) is 2.79. The number of hydrogen-bond donors (Lipinski definition) is 2. The van der Waals surface area contributed by atoms with Crippen molar-refractivity contribution < 1.29 is 9.53 Å². The maximum atomic E-state index is 11.7. The molecule has 1 aromatic rings. The highest BCUT2D eigenvalue weighted by atomic mass is 16.5. The van der Waals surface area contributed by atoms with E-state index in [9.17, 15) is 4.79 Å². The molecule has 1 amide bonds. The Morgan fingerprint density at radius 1 is 1.50 bits per heavy atom. The highest BCUT2D eigenvalue weighted by molar-refractivity contribution is 5.98. The van der Waals surface area contributed by atoms with E-state index in [0.717, 1.165) is 19.3 Å². The number of amides is 1. The predicted molar refractivity (Wildman–Crippen MR) is 69.7 cm³/mol. The molecule has 1 heterocycles. The van der Waals surface area contributed by atoms with E-state index in [1.165, 1.54) is 0 Å². The van der Waals surface area contributed by atoms with Crippen LogP contribution in [0.15, 0.2) is 18.3 Å². The van der Waals surface area contributed by atoms with E-state index in [2.05, 4.69) is 15.6 Å². The van der Waals surface area contributed by atoms with Gasteiger partial charge in [-0.3, -0.25) is 4.79 Å². The van der Waals surface area contributed by atoms with Crippen molar-refractivity contribution in [3.8, 4) is 0 Å². The Bertz CT molecular complexity index is 422. The van der Waals surface area contributed by atoms with Crippen LogP contribution < -0.4 is 10.6 Å². The number of carbonyl (C=O) groups is 1. The van der Waals surface area contributed by atoms with Gasteiger partial charge in [-0.25, -0.2) is 4.98 Å². The minimum Gasteiger partial charge on any atom is -0.381 e. The van der Waals surface area contributed by atoms with Crippen molar-refractivity contribution in [1.82, 2.24) is 10.3 Å². The van der Waals surface area contributed by atoms with Crippen LogP contribution in [0.3, 0.4) is 0 Å². The van der Waals surface area contributed by atoms with Crippen molar-refractivity contribution in [1.29, 1.82) is 0 Å². The van der Waals surface area contributed by atoms with Gasteiger partial charge in [-0.2, -0.15) is 0 Å². The van der Waals surface area contributed by atoms with E-state index in [4.69, 9.17) is 4.74 Å². The molecule has 5 heteroatoms. The van der Waals surface area contributed by atoms with Gasteiger partial charge in [0.25, 0.3) is 5.91 Å². The minimum absolute atomic E-state index is 0.119. The van der Waals surface area contributed by atoms with E-state index < -0.39 is 0 Å². The zero-order valence-corrected chi connectivity index (χ0v) is 10.8. The number of hydrogen-bond acceptors (Lipinski definition) is 4. The minimum atomic E-state index is -0.119. The summed E-state index contributed by atoms with van der Waals surface area (Å²) in [5.41, 5.74) is 0.584. The Morgan fingerprint density at radius 2 is 2.33 bits per heavy atom. The molecular formula is C13H19N3O2. The van der Waals surface area contributed by atoms with Gasteiger partial charge in [-0.05, 0) is 31.4 Å². The molecule has 0 bridgehead atoms. The number of anilines is 1. The third-order valence-corrected chi connectivity index (χ3v) is 3.34. The highest BCUT2D eigenvalue weighted by Gasteiger charge is 2.25. The molecule has 5 nitrogen and oxygen atoms in total. The lowest BCUT2D eigenvalue weighted by atomic mass is 10.2. The van der Waals surface area contributed by atoms with Crippen LogP contribution in [-0.2, 0) is 4.74 Å².